The van der Waals surface area contributed by atoms with E-state index in [1.165, 1.54) is 0 Å². The van der Waals surface area contributed by atoms with Crippen LogP contribution in [0.2, 0.25) is 0 Å². The fourth-order valence-electron chi connectivity index (χ4n) is 3.94. The Morgan fingerprint density at radius 3 is 2.76 bits per heavy atom. The van der Waals surface area contributed by atoms with Crippen molar-refractivity contribution in [2.75, 3.05) is 19.2 Å². The predicted molar refractivity (Wildman–Crippen MR) is 107 cm³/mol. The van der Waals surface area contributed by atoms with E-state index in [0.717, 1.165) is 35.1 Å². The van der Waals surface area contributed by atoms with Crippen LogP contribution in [-0.4, -0.2) is 29.8 Å². The Morgan fingerprint density at radius 2 is 1.97 bits per heavy atom. The molecule has 29 heavy (non-hydrogen) atoms. The Balaban J connectivity index is 1.73. The van der Waals surface area contributed by atoms with Crippen molar-refractivity contribution in [2.24, 2.45) is 0 Å². The molecule has 0 saturated carbocycles. The van der Waals surface area contributed by atoms with Crippen molar-refractivity contribution in [3.05, 3.63) is 47.2 Å². The zero-order valence-electron chi connectivity index (χ0n) is 15.9. The number of rotatable bonds is 4. The van der Waals surface area contributed by atoms with Gasteiger partial charge in [-0.15, -0.1) is 0 Å². The molecule has 0 amide bonds. The summed E-state index contributed by atoms with van der Waals surface area (Å²) in [5.41, 5.74) is 4.29. The highest BCUT2D eigenvalue weighted by atomic mass is 16.7. The van der Waals surface area contributed by atoms with Crippen LogP contribution in [0.25, 0.3) is 10.9 Å². The SMILES string of the molecule is COc1cc(CO)cc(Nc2c3c(nc4cc5c(cc24)OCO5)CCCC3=O)c1. The fourth-order valence-corrected chi connectivity index (χ4v) is 3.94. The molecule has 3 aromatic rings. The number of carbonyl (C=O) groups is 1. The number of Topliss-reactive ketones (excluding diaryl/α,β-unsaturated/α-hetero) is 1. The Labute approximate surface area is 167 Å². The number of hydrogen-bond acceptors (Lipinski definition) is 7. The Morgan fingerprint density at radius 1 is 1.14 bits per heavy atom. The number of carbonyl (C=O) groups excluding carboxylic acids is 1. The minimum atomic E-state index is -0.112. The van der Waals surface area contributed by atoms with Crippen molar-refractivity contribution in [3.8, 4) is 17.2 Å². The number of methoxy groups -OCH3 is 1. The molecule has 7 heteroatoms. The van der Waals surface area contributed by atoms with Gasteiger partial charge in [-0.3, -0.25) is 9.78 Å². The first-order valence-electron chi connectivity index (χ1n) is 9.51. The molecule has 0 bridgehead atoms. The van der Waals surface area contributed by atoms with E-state index in [4.69, 9.17) is 19.2 Å². The van der Waals surface area contributed by atoms with E-state index in [0.29, 0.717) is 40.5 Å². The van der Waals surface area contributed by atoms with Gasteiger partial charge in [0.1, 0.15) is 5.75 Å². The first kappa shape index (κ1) is 17.8. The van der Waals surface area contributed by atoms with Gasteiger partial charge in [0, 0.05) is 29.6 Å². The zero-order chi connectivity index (χ0) is 20.0. The lowest BCUT2D eigenvalue weighted by Gasteiger charge is -2.21. The number of aryl methyl sites for hydroxylation is 1. The molecule has 2 N–H and O–H groups in total. The highest BCUT2D eigenvalue weighted by molar-refractivity contribution is 6.11. The van der Waals surface area contributed by atoms with Crippen LogP contribution in [-0.2, 0) is 13.0 Å². The topological polar surface area (TPSA) is 89.9 Å². The minimum Gasteiger partial charge on any atom is -0.497 e. The van der Waals surface area contributed by atoms with Crippen LogP contribution in [0.5, 0.6) is 17.2 Å². The van der Waals surface area contributed by atoms with Gasteiger partial charge in [-0.1, -0.05) is 0 Å². The Hall–Kier alpha value is -3.32. The molecule has 0 saturated heterocycles. The summed E-state index contributed by atoms with van der Waals surface area (Å²) in [6, 6.07) is 9.16. The first-order valence-corrected chi connectivity index (χ1v) is 9.51. The van der Waals surface area contributed by atoms with Crippen LogP contribution >= 0.6 is 0 Å². The molecule has 1 aromatic heterocycles. The standard InChI is InChI=1S/C22H20N2O5/c1-27-14-6-12(10-25)5-13(7-14)23-22-15-8-19-20(29-11-28-19)9-17(15)24-16-3-2-4-18(26)21(16)22/h5-9,25H,2-4,10-11H2,1H3,(H,23,24). The molecule has 1 aliphatic carbocycles. The molecule has 5 rings (SSSR count). The van der Waals surface area contributed by atoms with Crippen molar-refractivity contribution < 1.29 is 24.1 Å². The normalized spacial score (nSPS) is 14.8. The molecular weight excluding hydrogens is 372 g/mol. The first-order chi connectivity index (χ1) is 14.2. The number of pyridine rings is 1. The van der Waals surface area contributed by atoms with Gasteiger partial charge in [-0.05, 0) is 36.6 Å². The van der Waals surface area contributed by atoms with Gasteiger partial charge in [0.05, 0.1) is 36.2 Å². The van der Waals surface area contributed by atoms with Crippen molar-refractivity contribution >= 4 is 28.1 Å². The molecule has 2 aromatic carbocycles. The maximum absolute atomic E-state index is 12.8. The third-order valence-electron chi connectivity index (χ3n) is 5.30. The monoisotopic (exact) mass is 392 g/mol. The van der Waals surface area contributed by atoms with E-state index in [-0.39, 0.29) is 19.2 Å². The fraction of sp³-hybridized carbons (Fsp3) is 0.273. The third kappa shape index (κ3) is 3.03. The van der Waals surface area contributed by atoms with Crippen LogP contribution in [0.3, 0.4) is 0 Å². The molecule has 2 heterocycles. The Kier molecular flexibility index (Phi) is 4.24. The number of aliphatic hydroxyl groups excluding tert-OH is 1. The lowest BCUT2D eigenvalue weighted by atomic mass is 9.91. The second-order valence-corrected chi connectivity index (χ2v) is 7.16. The summed E-state index contributed by atoms with van der Waals surface area (Å²) >= 11 is 0. The second-order valence-electron chi connectivity index (χ2n) is 7.16. The van der Waals surface area contributed by atoms with Gasteiger partial charge in [0.25, 0.3) is 0 Å². The summed E-state index contributed by atoms with van der Waals surface area (Å²) in [6.45, 7) is 0.0570. The van der Waals surface area contributed by atoms with Gasteiger partial charge in [-0.2, -0.15) is 0 Å². The van der Waals surface area contributed by atoms with Gasteiger partial charge in [0.15, 0.2) is 17.3 Å². The number of ether oxygens (including phenoxy) is 3. The highest BCUT2D eigenvalue weighted by Crippen LogP contribution is 2.42. The molecule has 1 aliphatic heterocycles. The summed E-state index contributed by atoms with van der Waals surface area (Å²) in [7, 11) is 1.58. The van der Waals surface area contributed by atoms with Gasteiger partial charge >= 0.3 is 0 Å². The van der Waals surface area contributed by atoms with Crippen molar-refractivity contribution in [1.29, 1.82) is 0 Å². The molecular formula is C22H20N2O5. The average Bonchev–Trinajstić information content (AvgIpc) is 3.19. The summed E-state index contributed by atoms with van der Waals surface area (Å²) in [5, 5.41) is 13.8. The summed E-state index contributed by atoms with van der Waals surface area (Å²) in [5.74, 6) is 1.98. The molecule has 0 radical (unpaired) electrons. The summed E-state index contributed by atoms with van der Waals surface area (Å²) in [4.78, 5) is 17.6. The van der Waals surface area contributed by atoms with Crippen molar-refractivity contribution in [1.82, 2.24) is 4.98 Å². The minimum absolute atomic E-state index is 0.0751. The van der Waals surface area contributed by atoms with E-state index in [9.17, 15) is 9.90 Å². The lowest BCUT2D eigenvalue weighted by molar-refractivity contribution is 0.0972. The highest BCUT2D eigenvalue weighted by Gasteiger charge is 2.26. The predicted octanol–water partition coefficient (Wildman–Crippen LogP) is 3.73. The van der Waals surface area contributed by atoms with Crippen LogP contribution in [0, 0.1) is 0 Å². The van der Waals surface area contributed by atoms with E-state index >= 15 is 0 Å². The summed E-state index contributed by atoms with van der Waals surface area (Å²) in [6.07, 6.45) is 2.04. The molecule has 7 nitrogen and oxygen atoms in total. The number of hydrogen-bond donors (Lipinski definition) is 2. The number of anilines is 2. The van der Waals surface area contributed by atoms with Crippen LogP contribution in [0.1, 0.15) is 34.5 Å². The molecule has 0 unspecified atom stereocenters. The molecule has 0 fully saturated rings. The van der Waals surface area contributed by atoms with E-state index in [1.54, 1.807) is 13.2 Å². The van der Waals surface area contributed by atoms with Crippen LogP contribution in [0.4, 0.5) is 11.4 Å². The largest absolute Gasteiger partial charge is 0.497 e. The van der Waals surface area contributed by atoms with E-state index < -0.39 is 0 Å². The molecule has 0 spiro atoms. The van der Waals surface area contributed by atoms with Gasteiger partial charge < -0.3 is 24.6 Å². The number of nitrogens with one attached hydrogen (secondary N) is 1. The smallest absolute Gasteiger partial charge is 0.231 e. The molecule has 2 aliphatic rings. The second kappa shape index (κ2) is 6.93. The van der Waals surface area contributed by atoms with Crippen LogP contribution in [0.15, 0.2) is 30.3 Å². The maximum Gasteiger partial charge on any atom is 0.231 e. The van der Waals surface area contributed by atoms with Crippen molar-refractivity contribution in [2.45, 2.75) is 25.9 Å². The molecule has 148 valence electrons. The maximum atomic E-state index is 12.8. The number of ketones is 1. The number of aromatic nitrogens is 1. The van der Waals surface area contributed by atoms with Gasteiger partial charge in [0.2, 0.25) is 6.79 Å². The number of nitrogens with zero attached hydrogens (tertiary/aromatic N) is 1. The van der Waals surface area contributed by atoms with Crippen LogP contribution < -0.4 is 19.5 Å². The number of benzene rings is 2. The van der Waals surface area contributed by atoms with E-state index in [1.807, 2.05) is 24.3 Å². The molecule has 0 atom stereocenters. The number of fused-ring (bicyclic) bond motifs is 3. The van der Waals surface area contributed by atoms with Crippen molar-refractivity contribution in [3.63, 3.8) is 0 Å². The zero-order valence-corrected chi connectivity index (χ0v) is 15.9. The third-order valence-corrected chi connectivity index (χ3v) is 5.30. The number of aliphatic hydroxyl groups is 1. The van der Waals surface area contributed by atoms with Gasteiger partial charge in [-0.25, -0.2) is 0 Å². The average molecular weight is 392 g/mol. The van der Waals surface area contributed by atoms with E-state index in [2.05, 4.69) is 5.32 Å². The lowest BCUT2D eigenvalue weighted by Crippen LogP contribution is -2.15. The quantitative estimate of drug-likeness (QED) is 0.699. The summed E-state index contributed by atoms with van der Waals surface area (Å²) < 4.78 is 16.4. The Bertz CT molecular complexity index is 1120.